The van der Waals surface area contributed by atoms with Crippen LogP contribution in [0.25, 0.3) is 0 Å². The molecule has 0 spiro atoms. The zero-order valence-electron chi connectivity index (χ0n) is 14.4. The Labute approximate surface area is 147 Å². The number of nitrogens with zero attached hydrogens (tertiary/aromatic N) is 1. The Morgan fingerprint density at radius 2 is 1.68 bits per heavy atom. The number of nitrogens with one attached hydrogen (secondary N) is 1. The van der Waals surface area contributed by atoms with Crippen LogP contribution in [0.1, 0.15) is 23.7 Å². The molecule has 2 aromatic rings. The normalized spacial score (nSPS) is 11.6. The number of benzene rings is 2. The van der Waals surface area contributed by atoms with E-state index in [1.54, 1.807) is 24.3 Å². The van der Waals surface area contributed by atoms with Gasteiger partial charge >= 0.3 is 0 Å². The molecule has 4 N–H and O–H groups in total. The lowest BCUT2D eigenvalue weighted by Crippen LogP contribution is -2.20. The second-order valence-electron chi connectivity index (χ2n) is 6.04. The van der Waals surface area contributed by atoms with Crippen molar-refractivity contribution in [2.45, 2.75) is 18.9 Å². The lowest BCUT2D eigenvalue weighted by atomic mass is 10.0. The van der Waals surface area contributed by atoms with Crippen molar-refractivity contribution in [1.29, 1.82) is 0 Å². The fraction of sp³-hybridized carbons (Fsp3) is 0.263. The van der Waals surface area contributed by atoms with Gasteiger partial charge in [0.25, 0.3) is 5.91 Å². The third-order valence-corrected chi connectivity index (χ3v) is 3.87. The van der Waals surface area contributed by atoms with E-state index in [4.69, 9.17) is 5.73 Å². The summed E-state index contributed by atoms with van der Waals surface area (Å²) in [6.45, 7) is 0. The van der Waals surface area contributed by atoms with Gasteiger partial charge in [-0.1, -0.05) is 24.3 Å². The Morgan fingerprint density at radius 3 is 2.20 bits per heavy atom. The van der Waals surface area contributed by atoms with E-state index >= 15 is 0 Å². The molecule has 0 radical (unpaired) electrons. The van der Waals surface area contributed by atoms with Crippen molar-refractivity contribution < 1.29 is 14.7 Å². The van der Waals surface area contributed by atoms with Crippen LogP contribution in [0.2, 0.25) is 0 Å². The number of aliphatic hydroxyl groups excluding tert-OH is 1. The number of rotatable bonds is 7. The summed E-state index contributed by atoms with van der Waals surface area (Å²) in [4.78, 5) is 25.0. The van der Waals surface area contributed by atoms with Crippen molar-refractivity contribution in [1.82, 2.24) is 0 Å². The van der Waals surface area contributed by atoms with Gasteiger partial charge in [0.2, 0.25) is 5.91 Å². The number of carbonyl (C=O) groups is 2. The molecule has 0 aliphatic rings. The van der Waals surface area contributed by atoms with E-state index in [9.17, 15) is 14.7 Å². The molecular formula is C19H23N3O3. The molecule has 0 bridgehead atoms. The standard InChI is InChI=1S/C19H23N3O3/c1-22(2)16-10-8-15(9-11-16)21-17(23)12-5-13-3-6-14(7-4-13)18(24)19(20)25/h3-4,6-11,18,24H,5,12H2,1-2H3,(H2,20,25)(H,21,23)/t18-/m0/s1. The van der Waals surface area contributed by atoms with Gasteiger partial charge < -0.3 is 21.1 Å². The quantitative estimate of drug-likeness (QED) is 0.716. The summed E-state index contributed by atoms with van der Waals surface area (Å²) in [6, 6.07) is 14.5. The topological polar surface area (TPSA) is 95.7 Å². The molecule has 6 heteroatoms. The Balaban J connectivity index is 1.86. The summed E-state index contributed by atoms with van der Waals surface area (Å²) >= 11 is 0. The molecule has 0 saturated heterocycles. The van der Waals surface area contributed by atoms with Crippen molar-refractivity contribution in [3.8, 4) is 0 Å². The first-order valence-electron chi connectivity index (χ1n) is 8.00. The average Bonchev–Trinajstić information content (AvgIpc) is 2.60. The number of nitrogens with two attached hydrogens (primary N) is 1. The summed E-state index contributed by atoms with van der Waals surface area (Å²) in [6.07, 6.45) is -0.399. The van der Waals surface area contributed by atoms with Crippen LogP contribution in [0, 0.1) is 0 Å². The predicted octanol–water partition coefficient (Wildman–Crippen LogP) is 1.84. The SMILES string of the molecule is CN(C)c1ccc(NC(=O)CCc2ccc([C@H](O)C(N)=O)cc2)cc1. The van der Waals surface area contributed by atoms with E-state index in [1.165, 1.54) is 0 Å². The zero-order valence-corrected chi connectivity index (χ0v) is 14.4. The molecule has 0 aliphatic carbocycles. The highest BCUT2D eigenvalue weighted by atomic mass is 16.3. The number of aliphatic hydroxyl groups is 1. The van der Waals surface area contributed by atoms with Gasteiger partial charge in [-0.05, 0) is 41.8 Å². The van der Waals surface area contributed by atoms with Crippen LogP contribution in [0.15, 0.2) is 48.5 Å². The van der Waals surface area contributed by atoms with Gasteiger partial charge in [-0.25, -0.2) is 0 Å². The summed E-state index contributed by atoms with van der Waals surface area (Å²) in [5.74, 6) is -0.855. The van der Waals surface area contributed by atoms with Crippen molar-refractivity contribution in [3.05, 3.63) is 59.7 Å². The van der Waals surface area contributed by atoms with Crippen molar-refractivity contribution in [2.24, 2.45) is 5.73 Å². The monoisotopic (exact) mass is 341 g/mol. The molecule has 2 rings (SSSR count). The molecule has 0 unspecified atom stereocenters. The summed E-state index contributed by atoms with van der Waals surface area (Å²) in [7, 11) is 3.92. The number of hydrogen-bond donors (Lipinski definition) is 3. The van der Waals surface area contributed by atoms with E-state index in [2.05, 4.69) is 5.32 Å². The first-order valence-corrected chi connectivity index (χ1v) is 8.00. The molecule has 0 aromatic heterocycles. The maximum atomic E-state index is 12.0. The second kappa shape index (κ2) is 8.30. The lowest BCUT2D eigenvalue weighted by Gasteiger charge is -2.13. The highest BCUT2D eigenvalue weighted by Crippen LogP contribution is 2.17. The maximum Gasteiger partial charge on any atom is 0.250 e. The van der Waals surface area contributed by atoms with E-state index in [0.29, 0.717) is 18.4 Å². The van der Waals surface area contributed by atoms with Gasteiger partial charge in [0.05, 0.1) is 0 Å². The summed E-state index contributed by atoms with van der Waals surface area (Å²) in [5.41, 5.74) is 8.27. The van der Waals surface area contributed by atoms with Crippen LogP contribution in [-0.2, 0) is 16.0 Å². The van der Waals surface area contributed by atoms with Gasteiger partial charge in [-0.2, -0.15) is 0 Å². The summed E-state index contributed by atoms with van der Waals surface area (Å²) in [5, 5.41) is 12.4. The predicted molar refractivity (Wildman–Crippen MR) is 98.3 cm³/mol. The van der Waals surface area contributed by atoms with Crippen LogP contribution in [0.3, 0.4) is 0 Å². The van der Waals surface area contributed by atoms with Crippen molar-refractivity contribution in [2.75, 3.05) is 24.3 Å². The van der Waals surface area contributed by atoms with E-state index < -0.39 is 12.0 Å². The lowest BCUT2D eigenvalue weighted by molar-refractivity contribution is -0.126. The minimum atomic E-state index is -1.30. The number of hydrogen-bond acceptors (Lipinski definition) is 4. The van der Waals surface area contributed by atoms with E-state index in [-0.39, 0.29) is 5.91 Å². The Bertz CT molecular complexity index is 725. The molecule has 1 atom stereocenters. The van der Waals surface area contributed by atoms with Crippen molar-refractivity contribution in [3.63, 3.8) is 0 Å². The molecule has 25 heavy (non-hydrogen) atoms. The Kier molecular flexibility index (Phi) is 6.14. The first-order chi connectivity index (χ1) is 11.9. The van der Waals surface area contributed by atoms with Gasteiger partial charge in [0.15, 0.2) is 6.10 Å². The Hall–Kier alpha value is -2.86. The molecule has 0 saturated carbocycles. The molecule has 6 nitrogen and oxygen atoms in total. The average molecular weight is 341 g/mol. The first kappa shape index (κ1) is 18.5. The van der Waals surface area contributed by atoms with Gasteiger partial charge in [0.1, 0.15) is 0 Å². The molecule has 132 valence electrons. The minimum absolute atomic E-state index is 0.0705. The van der Waals surface area contributed by atoms with Crippen molar-refractivity contribution >= 4 is 23.2 Å². The van der Waals surface area contributed by atoms with Crippen LogP contribution in [-0.4, -0.2) is 31.0 Å². The summed E-state index contributed by atoms with van der Waals surface area (Å²) < 4.78 is 0. The smallest absolute Gasteiger partial charge is 0.250 e. The largest absolute Gasteiger partial charge is 0.378 e. The minimum Gasteiger partial charge on any atom is -0.378 e. The molecule has 2 amide bonds. The number of carbonyl (C=O) groups excluding carboxylic acids is 2. The van der Waals surface area contributed by atoms with Crippen LogP contribution < -0.4 is 16.0 Å². The molecule has 0 aliphatic heterocycles. The zero-order chi connectivity index (χ0) is 18.4. The molecule has 0 fully saturated rings. The second-order valence-corrected chi connectivity index (χ2v) is 6.04. The highest BCUT2D eigenvalue weighted by Gasteiger charge is 2.13. The third kappa shape index (κ3) is 5.32. The number of primary amides is 1. The van der Waals surface area contributed by atoms with Gasteiger partial charge in [0, 0.05) is 31.9 Å². The number of amides is 2. The van der Waals surface area contributed by atoms with E-state index in [0.717, 1.165) is 16.9 Å². The Morgan fingerprint density at radius 1 is 1.08 bits per heavy atom. The van der Waals surface area contributed by atoms with Crippen LogP contribution in [0.5, 0.6) is 0 Å². The van der Waals surface area contributed by atoms with Gasteiger partial charge in [-0.3, -0.25) is 9.59 Å². The van der Waals surface area contributed by atoms with Crippen LogP contribution >= 0.6 is 0 Å². The maximum absolute atomic E-state index is 12.0. The number of aryl methyl sites for hydroxylation is 1. The highest BCUT2D eigenvalue weighted by molar-refractivity contribution is 5.91. The fourth-order valence-electron chi connectivity index (χ4n) is 2.36. The molecule has 2 aromatic carbocycles. The van der Waals surface area contributed by atoms with Crippen LogP contribution in [0.4, 0.5) is 11.4 Å². The molecule has 0 heterocycles. The third-order valence-electron chi connectivity index (χ3n) is 3.87. The number of anilines is 2. The van der Waals surface area contributed by atoms with Gasteiger partial charge in [-0.15, -0.1) is 0 Å². The molecular weight excluding hydrogens is 318 g/mol. The fourth-order valence-corrected chi connectivity index (χ4v) is 2.36. The van der Waals surface area contributed by atoms with E-state index in [1.807, 2.05) is 43.3 Å².